The molecule has 3 nitrogen and oxygen atoms in total. The second-order valence-electron chi connectivity index (χ2n) is 2.59. The largest absolute Gasteiger partial charge is 0.318 e. The summed E-state index contributed by atoms with van der Waals surface area (Å²) in [6.45, 7) is 0. The lowest BCUT2D eigenvalue weighted by Crippen LogP contribution is -2.12. The van der Waals surface area contributed by atoms with E-state index in [4.69, 9.17) is 0 Å². The quantitative estimate of drug-likeness (QED) is 0.582. The van der Waals surface area contributed by atoms with Crippen LogP contribution in [-0.4, -0.2) is 11.7 Å². The summed E-state index contributed by atoms with van der Waals surface area (Å²) in [5.74, 6) is -1.75. The van der Waals surface area contributed by atoms with Crippen molar-refractivity contribution in [2.24, 2.45) is 0 Å². The van der Waals surface area contributed by atoms with Crippen LogP contribution in [0.3, 0.4) is 0 Å². The van der Waals surface area contributed by atoms with E-state index in [1.54, 1.807) is 0 Å². The number of nitrogens with one attached hydrogen (secondary N) is 1. The SMILES string of the molecule is O=C1Nc2cc(F)cc(I)c2C1=O. The summed E-state index contributed by atoms with van der Waals surface area (Å²) in [6.07, 6.45) is 0. The van der Waals surface area contributed by atoms with Crippen molar-refractivity contribution in [2.75, 3.05) is 5.32 Å². The van der Waals surface area contributed by atoms with Gasteiger partial charge in [-0.3, -0.25) is 9.59 Å². The molecule has 1 aromatic rings. The number of carbonyl (C=O) groups excluding carboxylic acids is 2. The summed E-state index contributed by atoms with van der Waals surface area (Å²) >= 11 is 1.82. The molecule has 1 aliphatic rings. The van der Waals surface area contributed by atoms with E-state index in [-0.39, 0.29) is 11.3 Å². The van der Waals surface area contributed by atoms with Gasteiger partial charge >= 0.3 is 0 Å². The lowest BCUT2D eigenvalue weighted by Gasteiger charge is -1.98. The van der Waals surface area contributed by atoms with E-state index >= 15 is 0 Å². The van der Waals surface area contributed by atoms with E-state index in [0.29, 0.717) is 3.57 Å². The second-order valence-corrected chi connectivity index (χ2v) is 3.76. The van der Waals surface area contributed by atoms with Crippen LogP contribution in [0, 0.1) is 9.39 Å². The summed E-state index contributed by atoms with van der Waals surface area (Å²) in [5, 5.41) is 2.30. The maximum absolute atomic E-state index is 12.8. The lowest BCUT2D eigenvalue weighted by molar-refractivity contribution is -0.112. The molecule has 0 spiro atoms. The van der Waals surface area contributed by atoms with Gasteiger partial charge in [-0.2, -0.15) is 0 Å². The Kier molecular flexibility index (Phi) is 1.83. The average molecular weight is 291 g/mol. The van der Waals surface area contributed by atoms with Crippen molar-refractivity contribution >= 4 is 40.0 Å². The maximum atomic E-state index is 12.8. The predicted molar refractivity (Wildman–Crippen MR) is 52.1 cm³/mol. The van der Waals surface area contributed by atoms with E-state index in [1.165, 1.54) is 6.07 Å². The molecule has 0 aromatic heterocycles. The fourth-order valence-corrected chi connectivity index (χ4v) is 2.03. The van der Waals surface area contributed by atoms with E-state index in [2.05, 4.69) is 5.32 Å². The van der Waals surface area contributed by atoms with Crippen molar-refractivity contribution in [3.63, 3.8) is 0 Å². The number of fused-ring (bicyclic) bond motifs is 1. The fourth-order valence-electron chi connectivity index (χ4n) is 1.20. The molecule has 1 aromatic carbocycles. The molecular weight excluding hydrogens is 288 g/mol. The van der Waals surface area contributed by atoms with Crippen LogP contribution in [0.25, 0.3) is 0 Å². The van der Waals surface area contributed by atoms with Crippen molar-refractivity contribution in [3.8, 4) is 0 Å². The molecule has 1 aliphatic heterocycles. The number of benzene rings is 1. The van der Waals surface area contributed by atoms with Crippen molar-refractivity contribution < 1.29 is 14.0 Å². The van der Waals surface area contributed by atoms with Crippen molar-refractivity contribution in [1.29, 1.82) is 0 Å². The zero-order chi connectivity index (χ0) is 9.59. The minimum absolute atomic E-state index is 0.263. The molecule has 1 N–H and O–H groups in total. The molecule has 13 heavy (non-hydrogen) atoms. The summed E-state index contributed by atoms with van der Waals surface area (Å²) in [6, 6.07) is 2.36. The van der Waals surface area contributed by atoms with Gasteiger partial charge in [0, 0.05) is 3.57 Å². The third kappa shape index (κ3) is 1.23. The Morgan fingerprint density at radius 1 is 1.31 bits per heavy atom. The Morgan fingerprint density at radius 2 is 2.00 bits per heavy atom. The van der Waals surface area contributed by atoms with E-state index in [0.717, 1.165) is 6.07 Å². The first kappa shape index (κ1) is 8.61. The number of anilines is 1. The van der Waals surface area contributed by atoms with E-state index in [1.807, 2.05) is 22.6 Å². The van der Waals surface area contributed by atoms with Gasteiger partial charge in [-0.1, -0.05) is 0 Å². The fraction of sp³-hybridized carbons (Fsp3) is 0. The predicted octanol–water partition coefficient (Wildman–Crippen LogP) is 1.57. The number of rotatable bonds is 0. The van der Waals surface area contributed by atoms with Crippen LogP contribution in [0.2, 0.25) is 0 Å². The van der Waals surface area contributed by atoms with Crippen molar-refractivity contribution in [2.45, 2.75) is 0 Å². The smallest absolute Gasteiger partial charge is 0.296 e. The summed E-state index contributed by atoms with van der Waals surface area (Å²) in [7, 11) is 0. The molecule has 0 bridgehead atoms. The average Bonchev–Trinajstić information content (AvgIpc) is 2.27. The van der Waals surface area contributed by atoms with Gasteiger partial charge in [-0.25, -0.2) is 4.39 Å². The minimum Gasteiger partial charge on any atom is -0.318 e. The highest BCUT2D eigenvalue weighted by molar-refractivity contribution is 14.1. The number of ketones is 1. The molecule has 2 rings (SSSR count). The number of halogens is 2. The van der Waals surface area contributed by atoms with E-state index in [9.17, 15) is 14.0 Å². The first-order valence-electron chi connectivity index (χ1n) is 3.44. The molecule has 0 atom stereocenters. The normalized spacial score (nSPS) is 14.3. The molecular formula is C8H3FINO2. The van der Waals surface area contributed by atoms with Gasteiger partial charge in [0.2, 0.25) is 0 Å². The zero-order valence-corrected chi connectivity index (χ0v) is 8.38. The third-order valence-electron chi connectivity index (χ3n) is 1.74. The number of amides is 1. The lowest BCUT2D eigenvalue weighted by atomic mass is 10.1. The van der Waals surface area contributed by atoms with Crippen LogP contribution in [-0.2, 0) is 4.79 Å². The van der Waals surface area contributed by atoms with Crippen LogP contribution in [0.5, 0.6) is 0 Å². The first-order chi connectivity index (χ1) is 6.09. The molecule has 1 amide bonds. The maximum Gasteiger partial charge on any atom is 0.296 e. The van der Waals surface area contributed by atoms with E-state index < -0.39 is 17.5 Å². The standard InChI is InChI=1S/C8H3FINO2/c9-3-1-4(10)6-5(2-3)11-8(13)7(6)12/h1-2H,(H,11,12,13). The van der Waals surface area contributed by atoms with Gasteiger partial charge in [0.05, 0.1) is 11.3 Å². The molecule has 0 radical (unpaired) electrons. The summed E-state index contributed by atoms with van der Waals surface area (Å²) in [5.41, 5.74) is 0.534. The Hall–Kier alpha value is -0.980. The topological polar surface area (TPSA) is 46.2 Å². The number of Topliss-reactive ketones (excluding diaryl/α,β-unsaturated/α-hetero) is 1. The van der Waals surface area contributed by atoms with Gasteiger partial charge in [0.15, 0.2) is 0 Å². The highest BCUT2D eigenvalue weighted by Gasteiger charge is 2.30. The van der Waals surface area contributed by atoms with Crippen LogP contribution >= 0.6 is 22.6 Å². The Bertz CT molecular complexity index is 430. The molecule has 0 aliphatic carbocycles. The number of carbonyl (C=O) groups is 2. The zero-order valence-electron chi connectivity index (χ0n) is 6.23. The van der Waals surface area contributed by atoms with Gasteiger partial charge in [0.1, 0.15) is 5.82 Å². The molecule has 0 fully saturated rings. The minimum atomic E-state index is -0.696. The highest BCUT2D eigenvalue weighted by atomic mass is 127. The number of hydrogen-bond acceptors (Lipinski definition) is 2. The molecule has 0 saturated heterocycles. The third-order valence-corrected chi connectivity index (χ3v) is 2.59. The van der Waals surface area contributed by atoms with Gasteiger partial charge in [-0.15, -0.1) is 0 Å². The van der Waals surface area contributed by atoms with Crippen molar-refractivity contribution in [1.82, 2.24) is 0 Å². The van der Waals surface area contributed by atoms with Gasteiger partial charge in [-0.05, 0) is 34.7 Å². The van der Waals surface area contributed by atoms with Crippen molar-refractivity contribution in [3.05, 3.63) is 27.1 Å². The summed E-state index contributed by atoms with van der Waals surface area (Å²) < 4.78 is 13.3. The monoisotopic (exact) mass is 291 g/mol. The number of hydrogen-bond donors (Lipinski definition) is 1. The van der Waals surface area contributed by atoms with Crippen LogP contribution in [0.1, 0.15) is 10.4 Å². The van der Waals surface area contributed by atoms with Gasteiger partial charge in [0.25, 0.3) is 11.7 Å². The molecule has 1 heterocycles. The van der Waals surface area contributed by atoms with Gasteiger partial charge < -0.3 is 5.32 Å². The summed E-state index contributed by atoms with van der Waals surface area (Å²) in [4.78, 5) is 22.1. The highest BCUT2D eigenvalue weighted by Crippen LogP contribution is 2.28. The van der Waals surface area contributed by atoms with Crippen LogP contribution < -0.4 is 5.32 Å². The molecule has 5 heteroatoms. The Labute approximate surface area is 86.5 Å². The molecule has 0 unspecified atom stereocenters. The first-order valence-corrected chi connectivity index (χ1v) is 4.52. The Balaban J connectivity index is 2.71. The second kappa shape index (κ2) is 2.76. The molecule has 0 saturated carbocycles. The van der Waals surface area contributed by atoms with Crippen LogP contribution in [0.4, 0.5) is 10.1 Å². The van der Waals surface area contributed by atoms with Crippen LogP contribution in [0.15, 0.2) is 12.1 Å². The Morgan fingerprint density at radius 3 is 2.69 bits per heavy atom. The molecule has 66 valence electrons.